The van der Waals surface area contributed by atoms with E-state index in [0.717, 1.165) is 41.5 Å². The first-order chi connectivity index (χ1) is 17.3. The Morgan fingerprint density at radius 2 is 1.69 bits per heavy atom. The zero-order valence-electron chi connectivity index (χ0n) is 21.4. The second-order valence-electron chi connectivity index (χ2n) is 9.33. The first-order valence-corrected chi connectivity index (χ1v) is 12.7. The first-order valence-electron chi connectivity index (χ1n) is 12.7. The minimum absolute atomic E-state index is 0.192. The molecule has 0 fully saturated rings. The van der Waals surface area contributed by atoms with Gasteiger partial charge in [0, 0.05) is 18.2 Å². The highest BCUT2D eigenvalue weighted by molar-refractivity contribution is 5.81. The normalized spacial score (nSPS) is 12.6. The molecule has 0 saturated carbocycles. The quantitative estimate of drug-likeness (QED) is 0.359. The molecule has 2 aromatic carbocycles. The van der Waals surface area contributed by atoms with E-state index in [0.29, 0.717) is 18.4 Å². The van der Waals surface area contributed by atoms with E-state index < -0.39 is 18.1 Å². The minimum atomic E-state index is -0.997. The second-order valence-corrected chi connectivity index (χ2v) is 9.33. The van der Waals surface area contributed by atoms with Crippen LogP contribution in [0.4, 0.5) is 0 Å². The minimum Gasteiger partial charge on any atom is -0.481 e. The fraction of sp³-hybridized carbons (Fsp3) is 0.367. The summed E-state index contributed by atoms with van der Waals surface area (Å²) in [4.78, 5) is 38.7. The van der Waals surface area contributed by atoms with Crippen LogP contribution < -0.4 is 10.9 Å². The van der Waals surface area contributed by atoms with Gasteiger partial charge in [0.05, 0.1) is 12.5 Å². The molecule has 2 N–H and O–H groups in total. The van der Waals surface area contributed by atoms with Gasteiger partial charge in [-0.05, 0) is 48.1 Å². The van der Waals surface area contributed by atoms with Gasteiger partial charge in [-0.1, -0.05) is 81.3 Å². The topological polar surface area (TPSA) is 88.4 Å². The summed E-state index contributed by atoms with van der Waals surface area (Å²) >= 11 is 0. The van der Waals surface area contributed by atoms with E-state index >= 15 is 0 Å². The van der Waals surface area contributed by atoms with E-state index in [-0.39, 0.29) is 17.9 Å². The maximum atomic E-state index is 13.6. The van der Waals surface area contributed by atoms with Gasteiger partial charge in [0.15, 0.2) is 0 Å². The van der Waals surface area contributed by atoms with E-state index in [1.54, 1.807) is 6.20 Å². The van der Waals surface area contributed by atoms with Crippen LogP contribution in [-0.4, -0.2) is 21.6 Å². The number of benzene rings is 2. The van der Waals surface area contributed by atoms with Crippen molar-refractivity contribution in [2.75, 3.05) is 0 Å². The number of carbonyl (C=O) groups excluding carboxylic acids is 1. The molecule has 1 aromatic heterocycles. The average molecular weight is 489 g/mol. The molecule has 1 amide bonds. The van der Waals surface area contributed by atoms with Crippen molar-refractivity contribution in [1.29, 1.82) is 0 Å². The maximum absolute atomic E-state index is 13.6. The number of carboxylic acid groups (broad SMARTS) is 1. The van der Waals surface area contributed by atoms with Crippen molar-refractivity contribution >= 4 is 11.9 Å². The molecule has 3 rings (SSSR count). The number of carbonyl (C=O) groups is 2. The number of unbranched alkanes of at least 4 members (excludes halogenated alkanes) is 1. The molecule has 36 heavy (non-hydrogen) atoms. The standard InChI is InChI=1S/C30H36N2O4/c1-4-6-12-27(29(35)31-26(19-28(33)34)24-15-13-22(5-2)14-16-24)32-20-21(3)17-25(30(32)36)18-23-10-8-7-9-11-23/h7-11,13-17,20,26-27H,4-6,12,18-19H2,1-3H3,(H,31,35)(H,33,34)/t26-,27?/m0/s1. The lowest BCUT2D eigenvalue weighted by Gasteiger charge is -2.25. The number of amides is 1. The van der Waals surface area contributed by atoms with Gasteiger partial charge in [-0.2, -0.15) is 0 Å². The summed E-state index contributed by atoms with van der Waals surface area (Å²) in [5.74, 6) is -1.34. The molecule has 3 aromatic rings. The van der Waals surface area contributed by atoms with Gasteiger partial charge in [-0.3, -0.25) is 14.4 Å². The maximum Gasteiger partial charge on any atom is 0.305 e. The van der Waals surface area contributed by atoms with E-state index in [4.69, 9.17) is 0 Å². The number of aryl methyl sites for hydroxylation is 2. The average Bonchev–Trinajstić information content (AvgIpc) is 2.86. The summed E-state index contributed by atoms with van der Waals surface area (Å²) in [5.41, 5.74) is 4.23. The van der Waals surface area contributed by atoms with Crippen LogP contribution in [0.15, 0.2) is 71.7 Å². The molecule has 1 unspecified atom stereocenters. The molecule has 0 saturated heterocycles. The zero-order valence-corrected chi connectivity index (χ0v) is 21.4. The third-order valence-electron chi connectivity index (χ3n) is 6.45. The molecule has 0 radical (unpaired) electrons. The van der Waals surface area contributed by atoms with Gasteiger partial charge in [0.25, 0.3) is 5.56 Å². The smallest absolute Gasteiger partial charge is 0.305 e. The molecule has 190 valence electrons. The monoisotopic (exact) mass is 488 g/mol. The molecule has 1 heterocycles. The molecule has 6 nitrogen and oxygen atoms in total. The Labute approximate surface area is 213 Å². The van der Waals surface area contributed by atoms with Crippen molar-refractivity contribution in [2.45, 2.75) is 71.4 Å². The molecule has 2 atom stereocenters. The van der Waals surface area contributed by atoms with Crippen LogP contribution in [0, 0.1) is 6.92 Å². The molecular weight excluding hydrogens is 452 g/mol. The third kappa shape index (κ3) is 7.17. The summed E-state index contributed by atoms with van der Waals surface area (Å²) in [6, 6.07) is 17.9. The highest BCUT2D eigenvalue weighted by Gasteiger charge is 2.26. The predicted octanol–water partition coefficient (Wildman–Crippen LogP) is 5.37. The largest absolute Gasteiger partial charge is 0.481 e. The fourth-order valence-corrected chi connectivity index (χ4v) is 4.47. The number of aliphatic carboxylic acids is 1. The number of pyridine rings is 1. The Bertz CT molecular complexity index is 1220. The molecule has 0 aliphatic carbocycles. The van der Waals surface area contributed by atoms with Crippen LogP contribution in [0.1, 0.15) is 79.4 Å². The van der Waals surface area contributed by atoms with Gasteiger partial charge in [-0.25, -0.2) is 0 Å². The Kier molecular flexibility index (Phi) is 9.62. The van der Waals surface area contributed by atoms with Crippen LogP contribution in [0.3, 0.4) is 0 Å². The summed E-state index contributed by atoms with van der Waals surface area (Å²) in [6.07, 6.45) is 4.98. The van der Waals surface area contributed by atoms with Crippen molar-refractivity contribution in [3.05, 3.63) is 105 Å². The summed E-state index contributed by atoms with van der Waals surface area (Å²) < 4.78 is 1.54. The van der Waals surface area contributed by atoms with Crippen LogP contribution in [-0.2, 0) is 22.4 Å². The first kappa shape index (κ1) is 26.9. The lowest BCUT2D eigenvalue weighted by atomic mass is 10.00. The van der Waals surface area contributed by atoms with Gasteiger partial charge in [0.2, 0.25) is 5.91 Å². The lowest BCUT2D eigenvalue weighted by Crippen LogP contribution is -2.40. The van der Waals surface area contributed by atoms with Crippen molar-refractivity contribution in [1.82, 2.24) is 9.88 Å². The van der Waals surface area contributed by atoms with Crippen molar-refractivity contribution < 1.29 is 14.7 Å². The molecule has 0 spiro atoms. The third-order valence-corrected chi connectivity index (χ3v) is 6.45. The Balaban J connectivity index is 1.94. The predicted molar refractivity (Wildman–Crippen MR) is 142 cm³/mol. The molecular formula is C30H36N2O4. The number of hydrogen-bond acceptors (Lipinski definition) is 3. The van der Waals surface area contributed by atoms with E-state index in [2.05, 4.69) is 12.2 Å². The van der Waals surface area contributed by atoms with Crippen molar-refractivity contribution in [3.8, 4) is 0 Å². The van der Waals surface area contributed by atoms with Crippen LogP contribution in [0.5, 0.6) is 0 Å². The van der Waals surface area contributed by atoms with Gasteiger partial charge >= 0.3 is 5.97 Å². The van der Waals surface area contributed by atoms with Crippen LogP contribution >= 0.6 is 0 Å². The van der Waals surface area contributed by atoms with E-state index in [1.165, 1.54) is 4.57 Å². The van der Waals surface area contributed by atoms with Crippen LogP contribution in [0.2, 0.25) is 0 Å². The highest BCUT2D eigenvalue weighted by atomic mass is 16.4. The Morgan fingerprint density at radius 3 is 2.31 bits per heavy atom. The fourth-order valence-electron chi connectivity index (χ4n) is 4.47. The summed E-state index contributed by atoms with van der Waals surface area (Å²) in [7, 11) is 0. The number of carboxylic acids is 1. The number of hydrogen-bond donors (Lipinski definition) is 2. The number of aromatic nitrogens is 1. The second kappa shape index (κ2) is 12.9. The SMILES string of the molecule is CCCCC(C(=O)N[C@@H](CC(=O)O)c1ccc(CC)cc1)n1cc(C)cc(Cc2ccccc2)c1=O. The number of nitrogens with one attached hydrogen (secondary N) is 1. The number of nitrogens with zero attached hydrogens (tertiary/aromatic N) is 1. The van der Waals surface area contributed by atoms with E-state index in [9.17, 15) is 19.5 Å². The summed E-state index contributed by atoms with van der Waals surface area (Å²) in [5, 5.41) is 12.5. The summed E-state index contributed by atoms with van der Waals surface area (Å²) in [6.45, 7) is 6.01. The molecule has 0 bridgehead atoms. The highest BCUT2D eigenvalue weighted by Crippen LogP contribution is 2.22. The van der Waals surface area contributed by atoms with E-state index in [1.807, 2.05) is 74.5 Å². The lowest BCUT2D eigenvalue weighted by molar-refractivity contribution is -0.137. The van der Waals surface area contributed by atoms with Gasteiger partial charge in [-0.15, -0.1) is 0 Å². The zero-order chi connectivity index (χ0) is 26.1. The molecule has 6 heteroatoms. The number of rotatable bonds is 12. The van der Waals surface area contributed by atoms with Crippen molar-refractivity contribution in [3.63, 3.8) is 0 Å². The van der Waals surface area contributed by atoms with Crippen LogP contribution in [0.25, 0.3) is 0 Å². The van der Waals surface area contributed by atoms with Crippen molar-refractivity contribution in [2.24, 2.45) is 0 Å². The van der Waals surface area contributed by atoms with Gasteiger partial charge in [0.1, 0.15) is 6.04 Å². The molecule has 0 aliphatic rings. The van der Waals surface area contributed by atoms with Gasteiger partial charge < -0.3 is 15.0 Å². The Morgan fingerprint density at radius 1 is 1.00 bits per heavy atom. The Hall–Kier alpha value is -3.67. The molecule has 0 aliphatic heterocycles.